The molecule has 1 unspecified atom stereocenters. The minimum atomic E-state index is -0.703. The van der Waals surface area contributed by atoms with Gasteiger partial charge in [-0.25, -0.2) is 0 Å². The molecule has 0 saturated carbocycles. The number of carboxylic acid groups (broad SMARTS) is 1. The molecule has 1 aromatic rings. The van der Waals surface area contributed by atoms with Crippen LogP contribution >= 0.6 is 15.9 Å². The molecule has 5 nitrogen and oxygen atoms in total. The van der Waals surface area contributed by atoms with Crippen LogP contribution in [0.5, 0.6) is 11.5 Å². The lowest BCUT2D eigenvalue weighted by molar-refractivity contribution is -0.143. The van der Waals surface area contributed by atoms with Gasteiger partial charge >= 0.3 is 5.97 Å². The van der Waals surface area contributed by atoms with Gasteiger partial charge in [-0.2, -0.15) is 0 Å². The third kappa shape index (κ3) is 3.89. The summed E-state index contributed by atoms with van der Waals surface area (Å²) in [6.07, 6.45) is 1.68. The Morgan fingerprint density at radius 3 is 2.67 bits per heavy atom. The molecule has 1 aliphatic heterocycles. The van der Waals surface area contributed by atoms with Gasteiger partial charge in [0, 0.05) is 17.6 Å². The molecule has 1 aromatic carbocycles. The van der Waals surface area contributed by atoms with E-state index in [0.29, 0.717) is 24.6 Å². The Bertz CT molecular complexity index is 521. The summed E-state index contributed by atoms with van der Waals surface area (Å²) in [6.45, 7) is 2.21. The fourth-order valence-electron chi connectivity index (χ4n) is 2.66. The van der Waals surface area contributed by atoms with Crippen LogP contribution in [0.2, 0.25) is 0 Å². The zero-order chi connectivity index (χ0) is 15.4. The van der Waals surface area contributed by atoms with Crippen molar-refractivity contribution in [3.8, 4) is 11.5 Å². The van der Waals surface area contributed by atoms with E-state index in [1.165, 1.54) is 0 Å². The van der Waals surface area contributed by atoms with Gasteiger partial charge in [-0.1, -0.05) is 15.9 Å². The molecule has 0 radical (unpaired) electrons. The lowest BCUT2D eigenvalue weighted by Gasteiger charge is -2.31. The first-order valence-corrected chi connectivity index (χ1v) is 7.70. The van der Waals surface area contributed by atoms with Crippen molar-refractivity contribution in [1.82, 2.24) is 4.90 Å². The third-order valence-corrected chi connectivity index (χ3v) is 4.54. The average Bonchev–Trinajstić information content (AvgIpc) is 2.49. The van der Waals surface area contributed by atoms with Gasteiger partial charge in [0.2, 0.25) is 0 Å². The Kier molecular flexibility index (Phi) is 5.47. The van der Waals surface area contributed by atoms with E-state index in [2.05, 4.69) is 20.8 Å². The van der Waals surface area contributed by atoms with Crippen LogP contribution in [0.25, 0.3) is 0 Å². The van der Waals surface area contributed by atoms with Crippen molar-refractivity contribution in [3.05, 3.63) is 22.2 Å². The zero-order valence-electron chi connectivity index (χ0n) is 12.3. The summed E-state index contributed by atoms with van der Waals surface area (Å²) in [5.41, 5.74) is 1.07. The van der Waals surface area contributed by atoms with E-state index in [0.717, 1.165) is 29.4 Å². The quantitative estimate of drug-likeness (QED) is 0.877. The minimum Gasteiger partial charge on any atom is -0.493 e. The highest BCUT2D eigenvalue weighted by molar-refractivity contribution is 9.10. The summed E-state index contributed by atoms with van der Waals surface area (Å²) >= 11 is 3.54. The van der Waals surface area contributed by atoms with E-state index in [-0.39, 0.29) is 5.92 Å². The first-order chi connectivity index (χ1) is 10.0. The van der Waals surface area contributed by atoms with Gasteiger partial charge in [0.15, 0.2) is 11.5 Å². The van der Waals surface area contributed by atoms with E-state index in [9.17, 15) is 4.79 Å². The largest absolute Gasteiger partial charge is 0.493 e. The number of likely N-dealkylation sites (tertiary alicyclic amines) is 1. The SMILES string of the molecule is COc1cc(Br)c(CN2CCCC(C(=O)O)C2)cc1OC. The Hall–Kier alpha value is -1.27. The van der Waals surface area contributed by atoms with Crippen LogP contribution < -0.4 is 9.47 Å². The van der Waals surface area contributed by atoms with E-state index >= 15 is 0 Å². The maximum Gasteiger partial charge on any atom is 0.307 e. The number of methoxy groups -OCH3 is 2. The Balaban J connectivity index is 2.13. The monoisotopic (exact) mass is 357 g/mol. The molecule has 1 saturated heterocycles. The second-order valence-corrected chi connectivity index (χ2v) is 6.07. The van der Waals surface area contributed by atoms with Crippen LogP contribution in [-0.4, -0.2) is 43.3 Å². The van der Waals surface area contributed by atoms with Crippen molar-refractivity contribution < 1.29 is 19.4 Å². The van der Waals surface area contributed by atoms with Gasteiger partial charge in [0.25, 0.3) is 0 Å². The number of carboxylic acids is 1. The molecule has 2 rings (SSSR count). The predicted octanol–water partition coefficient (Wildman–Crippen LogP) is 2.76. The molecule has 1 heterocycles. The fourth-order valence-corrected chi connectivity index (χ4v) is 3.11. The predicted molar refractivity (Wildman–Crippen MR) is 82.9 cm³/mol. The summed E-state index contributed by atoms with van der Waals surface area (Å²) in [5.74, 6) is 0.390. The second-order valence-electron chi connectivity index (χ2n) is 5.21. The molecule has 0 amide bonds. The number of carbonyl (C=O) groups is 1. The number of ether oxygens (including phenoxy) is 2. The number of piperidine rings is 1. The second kappa shape index (κ2) is 7.13. The van der Waals surface area contributed by atoms with Crippen molar-refractivity contribution in [2.75, 3.05) is 27.3 Å². The molecular formula is C15H20BrNO4. The molecule has 1 fully saturated rings. The van der Waals surface area contributed by atoms with Gasteiger partial charge < -0.3 is 14.6 Å². The number of halogens is 1. The molecule has 1 N–H and O–H groups in total. The standard InChI is InChI=1S/C15H20BrNO4/c1-20-13-6-11(12(16)7-14(13)21-2)9-17-5-3-4-10(8-17)15(18)19/h6-7,10H,3-5,8-9H2,1-2H3,(H,18,19). The Morgan fingerprint density at radius 1 is 1.38 bits per heavy atom. The van der Waals surface area contributed by atoms with Crippen molar-refractivity contribution in [3.63, 3.8) is 0 Å². The molecule has 0 bridgehead atoms. The first kappa shape index (κ1) is 16.1. The van der Waals surface area contributed by atoms with Gasteiger partial charge in [-0.05, 0) is 37.1 Å². The maximum absolute atomic E-state index is 11.1. The first-order valence-electron chi connectivity index (χ1n) is 6.90. The summed E-state index contributed by atoms with van der Waals surface area (Å²) < 4.78 is 11.5. The van der Waals surface area contributed by atoms with Crippen LogP contribution in [0.4, 0.5) is 0 Å². The third-order valence-electron chi connectivity index (χ3n) is 3.80. The van der Waals surface area contributed by atoms with Gasteiger partial charge in [0.1, 0.15) is 0 Å². The van der Waals surface area contributed by atoms with Crippen molar-refractivity contribution in [2.45, 2.75) is 19.4 Å². The smallest absolute Gasteiger partial charge is 0.307 e. The van der Waals surface area contributed by atoms with Crippen LogP contribution in [-0.2, 0) is 11.3 Å². The Labute approximate surface area is 133 Å². The molecule has 21 heavy (non-hydrogen) atoms. The molecule has 0 aliphatic carbocycles. The topological polar surface area (TPSA) is 59.0 Å². The van der Waals surface area contributed by atoms with Crippen molar-refractivity contribution in [1.29, 1.82) is 0 Å². The molecule has 0 spiro atoms. The van der Waals surface area contributed by atoms with Gasteiger partial charge in [0.05, 0.1) is 20.1 Å². The highest BCUT2D eigenvalue weighted by atomic mass is 79.9. The molecule has 0 aromatic heterocycles. The van der Waals surface area contributed by atoms with Gasteiger partial charge in [-0.15, -0.1) is 0 Å². The van der Waals surface area contributed by atoms with E-state index in [1.807, 2.05) is 12.1 Å². The number of rotatable bonds is 5. The van der Waals surface area contributed by atoms with Crippen LogP contribution in [0.3, 0.4) is 0 Å². The normalized spacial score (nSPS) is 19.3. The van der Waals surface area contributed by atoms with E-state index in [1.54, 1.807) is 14.2 Å². The number of nitrogens with zero attached hydrogens (tertiary/aromatic N) is 1. The van der Waals surface area contributed by atoms with Crippen molar-refractivity contribution >= 4 is 21.9 Å². The molecule has 1 aliphatic rings. The highest BCUT2D eigenvalue weighted by Crippen LogP contribution is 2.34. The summed E-state index contributed by atoms with van der Waals surface area (Å²) in [7, 11) is 3.21. The van der Waals surface area contributed by atoms with Gasteiger partial charge in [-0.3, -0.25) is 9.69 Å². The van der Waals surface area contributed by atoms with Crippen LogP contribution in [0.1, 0.15) is 18.4 Å². The average molecular weight is 358 g/mol. The number of hydrogen-bond donors (Lipinski definition) is 1. The molecule has 1 atom stereocenters. The van der Waals surface area contributed by atoms with Crippen LogP contribution in [0, 0.1) is 5.92 Å². The minimum absolute atomic E-state index is 0.266. The van der Waals surface area contributed by atoms with Crippen molar-refractivity contribution in [2.24, 2.45) is 5.92 Å². The summed E-state index contributed by atoms with van der Waals surface area (Å²) in [5, 5.41) is 9.15. The summed E-state index contributed by atoms with van der Waals surface area (Å²) in [6, 6.07) is 3.82. The molecular weight excluding hydrogens is 338 g/mol. The van der Waals surface area contributed by atoms with E-state index < -0.39 is 5.97 Å². The lowest BCUT2D eigenvalue weighted by Crippen LogP contribution is -2.38. The molecule has 116 valence electrons. The fraction of sp³-hybridized carbons (Fsp3) is 0.533. The lowest BCUT2D eigenvalue weighted by atomic mass is 9.98. The number of aliphatic carboxylic acids is 1. The summed E-state index contributed by atoms with van der Waals surface area (Å²) in [4.78, 5) is 13.3. The Morgan fingerprint density at radius 2 is 2.05 bits per heavy atom. The van der Waals surface area contributed by atoms with E-state index in [4.69, 9.17) is 14.6 Å². The number of benzene rings is 1. The molecule has 6 heteroatoms. The maximum atomic E-state index is 11.1. The van der Waals surface area contributed by atoms with Crippen LogP contribution in [0.15, 0.2) is 16.6 Å². The highest BCUT2D eigenvalue weighted by Gasteiger charge is 2.25. The number of hydrogen-bond acceptors (Lipinski definition) is 4. The zero-order valence-corrected chi connectivity index (χ0v) is 13.9.